The Kier molecular flexibility index (Phi) is 7.92. The van der Waals surface area contributed by atoms with E-state index in [0.29, 0.717) is 16.6 Å². The van der Waals surface area contributed by atoms with Gasteiger partial charge in [0, 0.05) is 46.4 Å². The van der Waals surface area contributed by atoms with Gasteiger partial charge in [0.2, 0.25) is 5.91 Å². The van der Waals surface area contributed by atoms with E-state index in [-0.39, 0.29) is 63.3 Å². The van der Waals surface area contributed by atoms with Gasteiger partial charge in [-0.05, 0) is 90.5 Å². The summed E-state index contributed by atoms with van der Waals surface area (Å²) in [6.07, 6.45) is 3.19. The van der Waals surface area contributed by atoms with Crippen LogP contribution in [0, 0.1) is 24.5 Å². The summed E-state index contributed by atoms with van der Waals surface area (Å²) in [7, 11) is 0. The lowest BCUT2D eigenvalue weighted by Crippen LogP contribution is -2.40. The maximum absolute atomic E-state index is 15.4. The topological polar surface area (TPSA) is 116 Å². The molecule has 13 heteroatoms. The summed E-state index contributed by atoms with van der Waals surface area (Å²) >= 11 is 2.94. The van der Waals surface area contributed by atoms with Crippen molar-refractivity contribution in [2.75, 3.05) is 13.2 Å². The number of nitrogens with two attached hydrogens (primary N) is 1. The number of fused-ring (bicyclic) bond motifs is 2. The molecule has 1 saturated carbocycles. The van der Waals surface area contributed by atoms with E-state index >= 15 is 4.39 Å². The van der Waals surface area contributed by atoms with E-state index in [1.807, 2.05) is 0 Å². The van der Waals surface area contributed by atoms with Crippen LogP contribution < -0.4 is 20.5 Å². The van der Waals surface area contributed by atoms with E-state index in [2.05, 4.69) is 31.0 Å². The molecule has 1 aliphatic heterocycles. The lowest BCUT2D eigenvalue weighted by Gasteiger charge is -2.22. The standard InChI is InChI=1S/C32H27BrF4N4O4/c1-14-7-16-8-17(9-23(45-31(36)37)26(16)39-11-14)29(42)40-12-19(15-3-4-15)22-10-20-28(44-13-32(20,2)30(38)43)27(41-22)18-5-6-21(34)24(33)25(18)35/h5-11,15,19,31H,3-4,12-13H2,1-2H3,(H2,38,43)(H,40,42)/t19-,32-/m0/s1. The normalized spacial score (nSPS) is 18.0. The van der Waals surface area contributed by atoms with Gasteiger partial charge in [-0.15, -0.1) is 0 Å². The van der Waals surface area contributed by atoms with Gasteiger partial charge in [0.25, 0.3) is 5.91 Å². The fraction of sp³-hybridized carbons (Fsp3) is 0.312. The van der Waals surface area contributed by atoms with Crippen molar-refractivity contribution in [3.63, 3.8) is 0 Å². The summed E-state index contributed by atoms with van der Waals surface area (Å²) in [5, 5.41) is 3.34. The van der Waals surface area contributed by atoms with Crippen LogP contribution in [0.1, 0.15) is 52.9 Å². The molecule has 0 spiro atoms. The maximum Gasteiger partial charge on any atom is 0.387 e. The minimum atomic E-state index is -3.12. The first kappa shape index (κ1) is 30.8. The Hall–Kier alpha value is -4.26. The van der Waals surface area contributed by atoms with Crippen molar-refractivity contribution in [2.24, 2.45) is 11.7 Å². The highest BCUT2D eigenvalue weighted by molar-refractivity contribution is 9.10. The molecule has 0 unspecified atom stereocenters. The molecule has 234 valence electrons. The Morgan fingerprint density at radius 1 is 1.20 bits per heavy atom. The first-order chi connectivity index (χ1) is 21.4. The third-order valence-electron chi connectivity index (χ3n) is 8.34. The molecule has 6 rings (SSSR count). The summed E-state index contributed by atoms with van der Waals surface area (Å²) in [6, 6.07) is 8.51. The third kappa shape index (κ3) is 5.69. The van der Waals surface area contributed by atoms with Crippen molar-refractivity contribution in [1.29, 1.82) is 0 Å². The van der Waals surface area contributed by atoms with E-state index in [4.69, 9.17) is 15.5 Å². The van der Waals surface area contributed by atoms with Crippen molar-refractivity contribution in [3.8, 4) is 22.8 Å². The molecule has 8 nitrogen and oxygen atoms in total. The van der Waals surface area contributed by atoms with Crippen molar-refractivity contribution < 1.29 is 36.6 Å². The number of carbonyl (C=O) groups excluding carboxylic acids is 2. The highest BCUT2D eigenvalue weighted by atomic mass is 79.9. The van der Waals surface area contributed by atoms with Crippen LogP contribution in [0.4, 0.5) is 17.6 Å². The van der Waals surface area contributed by atoms with Crippen LogP contribution in [-0.4, -0.2) is 41.5 Å². The number of hydrogen-bond donors (Lipinski definition) is 2. The minimum absolute atomic E-state index is 0.0414. The molecular formula is C32H27BrF4N4O4. The monoisotopic (exact) mass is 686 g/mol. The van der Waals surface area contributed by atoms with Gasteiger partial charge in [-0.25, -0.2) is 13.8 Å². The van der Waals surface area contributed by atoms with Gasteiger partial charge >= 0.3 is 6.61 Å². The maximum atomic E-state index is 15.4. The molecule has 0 saturated heterocycles. The Labute approximate surface area is 263 Å². The smallest absolute Gasteiger partial charge is 0.387 e. The molecule has 4 aromatic rings. The third-order valence-corrected chi connectivity index (χ3v) is 9.07. The van der Waals surface area contributed by atoms with Gasteiger partial charge in [-0.3, -0.25) is 14.6 Å². The average molecular weight is 687 g/mol. The number of amides is 2. The molecule has 2 amide bonds. The molecule has 1 aliphatic carbocycles. The number of rotatable bonds is 9. The van der Waals surface area contributed by atoms with E-state index < -0.39 is 35.5 Å². The van der Waals surface area contributed by atoms with E-state index in [0.717, 1.165) is 24.5 Å². The summed E-state index contributed by atoms with van der Waals surface area (Å²) in [6.45, 7) is 0.290. The second kappa shape index (κ2) is 11.6. The first-order valence-corrected chi connectivity index (χ1v) is 14.9. The highest BCUT2D eigenvalue weighted by Gasteiger charge is 2.45. The molecule has 2 aromatic carbocycles. The molecule has 3 heterocycles. The van der Waals surface area contributed by atoms with E-state index in [9.17, 15) is 22.8 Å². The molecule has 2 atom stereocenters. The number of pyridine rings is 2. The number of alkyl halides is 2. The number of primary amides is 1. The van der Waals surface area contributed by atoms with Gasteiger partial charge < -0.3 is 20.5 Å². The summed E-state index contributed by atoms with van der Waals surface area (Å²) in [5.41, 5.74) is 6.50. The van der Waals surface area contributed by atoms with Crippen molar-refractivity contribution in [2.45, 2.75) is 44.6 Å². The largest absolute Gasteiger partial charge is 0.489 e. The van der Waals surface area contributed by atoms with Crippen LogP contribution in [0.2, 0.25) is 0 Å². The number of nitrogens with one attached hydrogen (secondary N) is 1. The van der Waals surface area contributed by atoms with Crippen molar-refractivity contribution in [3.05, 3.63) is 81.1 Å². The zero-order valence-electron chi connectivity index (χ0n) is 24.1. The second-order valence-electron chi connectivity index (χ2n) is 11.6. The number of halogens is 5. The number of aryl methyl sites for hydroxylation is 1. The van der Waals surface area contributed by atoms with Crippen LogP contribution >= 0.6 is 15.9 Å². The van der Waals surface area contributed by atoms with E-state index in [1.54, 1.807) is 32.0 Å². The molecule has 2 aromatic heterocycles. The molecule has 0 bridgehead atoms. The molecule has 3 N–H and O–H groups in total. The van der Waals surface area contributed by atoms with E-state index in [1.165, 1.54) is 18.3 Å². The van der Waals surface area contributed by atoms with Gasteiger partial charge in [-0.2, -0.15) is 8.78 Å². The Morgan fingerprint density at radius 2 is 1.96 bits per heavy atom. The van der Waals surface area contributed by atoms with Crippen molar-refractivity contribution in [1.82, 2.24) is 15.3 Å². The highest BCUT2D eigenvalue weighted by Crippen LogP contribution is 2.49. The predicted molar refractivity (Wildman–Crippen MR) is 160 cm³/mol. The fourth-order valence-corrected chi connectivity index (χ4v) is 5.99. The molecule has 2 aliphatic rings. The number of ether oxygens (including phenoxy) is 2. The number of carbonyl (C=O) groups is 2. The second-order valence-corrected chi connectivity index (χ2v) is 12.4. The molecule has 0 radical (unpaired) electrons. The zero-order valence-corrected chi connectivity index (χ0v) is 25.7. The quantitative estimate of drug-likeness (QED) is 0.158. The number of aromatic nitrogens is 2. The molecular weight excluding hydrogens is 660 g/mol. The summed E-state index contributed by atoms with van der Waals surface area (Å²) < 4.78 is 66.0. The van der Waals surface area contributed by atoms with Gasteiger partial charge in [-0.1, -0.05) is 0 Å². The number of nitrogens with zero attached hydrogens (tertiary/aromatic N) is 2. The van der Waals surface area contributed by atoms with Crippen LogP contribution in [0.3, 0.4) is 0 Å². The lowest BCUT2D eigenvalue weighted by molar-refractivity contribution is -0.123. The Balaban J connectivity index is 1.38. The Morgan fingerprint density at radius 3 is 2.64 bits per heavy atom. The Bertz CT molecular complexity index is 1870. The lowest BCUT2D eigenvalue weighted by atomic mass is 9.82. The predicted octanol–water partition coefficient (Wildman–Crippen LogP) is 6.31. The van der Waals surface area contributed by atoms with Crippen LogP contribution in [0.5, 0.6) is 11.5 Å². The number of hydrogen-bond acceptors (Lipinski definition) is 6. The van der Waals surface area contributed by atoms with Crippen LogP contribution in [0.25, 0.3) is 22.2 Å². The number of benzene rings is 2. The summed E-state index contributed by atoms with van der Waals surface area (Å²) in [4.78, 5) is 34.9. The van der Waals surface area contributed by atoms with Crippen LogP contribution in [-0.2, 0) is 10.2 Å². The zero-order chi connectivity index (χ0) is 32.2. The summed E-state index contributed by atoms with van der Waals surface area (Å²) in [5.74, 6) is -3.20. The fourth-order valence-electron chi connectivity index (χ4n) is 5.65. The minimum Gasteiger partial charge on any atom is -0.489 e. The SMILES string of the molecule is Cc1cnc2c(OC(F)F)cc(C(=O)NC[C@H](c3cc4c(c(-c5ccc(F)c(Br)c5F)n3)OC[C@]4(C)C(N)=O)C3CC3)cc2c1. The molecule has 45 heavy (non-hydrogen) atoms. The van der Waals surface area contributed by atoms with Gasteiger partial charge in [0.1, 0.15) is 40.6 Å². The van der Waals surface area contributed by atoms with Gasteiger partial charge in [0.05, 0.1) is 4.47 Å². The average Bonchev–Trinajstić information content (AvgIpc) is 3.77. The molecule has 1 fully saturated rings. The van der Waals surface area contributed by atoms with Crippen LogP contribution in [0.15, 0.2) is 47.1 Å². The first-order valence-electron chi connectivity index (χ1n) is 14.1. The van der Waals surface area contributed by atoms with Gasteiger partial charge in [0.15, 0.2) is 5.75 Å². The van der Waals surface area contributed by atoms with Crippen molar-refractivity contribution >= 4 is 38.6 Å².